The molecule has 0 atom stereocenters. The molecule has 0 fully saturated rings. The molecule has 7 nitrogen and oxygen atoms in total. The van der Waals surface area contributed by atoms with Crippen LogP contribution in [-0.2, 0) is 0 Å². The van der Waals surface area contributed by atoms with Gasteiger partial charge in [-0.15, -0.1) is 4.91 Å². The first-order valence-electron chi connectivity index (χ1n) is 5.05. The minimum atomic E-state index is -1.44. The van der Waals surface area contributed by atoms with Crippen molar-refractivity contribution in [2.45, 2.75) is 0 Å². The summed E-state index contributed by atoms with van der Waals surface area (Å²) in [6, 6.07) is 4.83. The average Bonchev–Trinajstić information content (AvgIpc) is 2.37. The predicted molar refractivity (Wildman–Crippen MR) is 66.1 cm³/mol. The van der Waals surface area contributed by atoms with Gasteiger partial charge >= 0.3 is 41.5 Å². The first kappa shape index (κ1) is 16.1. The number of carbonyl (C=O) groups is 2. The second kappa shape index (κ2) is 6.00. The Balaban J connectivity index is 0.00000200. The third kappa shape index (κ3) is 2.64. The Labute approximate surface area is 135 Å². The van der Waals surface area contributed by atoms with Gasteiger partial charge in [0.15, 0.2) is 11.4 Å². The molecule has 0 aliphatic carbocycles. The molecule has 0 aliphatic heterocycles. The Kier molecular flexibility index (Phi) is 4.83. The number of carboxylic acid groups (broad SMARTS) is 2. The summed E-state index contributed by atoms with van der Waals surface area (Å²) in [5.41, 5.74) is -0.997. The van der Waals surface area contributed by atoms with E-state index >= 15 is 0 Å². The zero-order chi connectivity index (χ0) is 14.2. The van der Waals surface area contributed by atoms with Gasteiger partial charge < -0.3 is 16.7 Å². The van der Waals surface area contributed by atoms with Gasteiger partial charge in [0.25, 0.3) is 0 Å². The maximum atomic E-state index is 10.9. The van der Waals surface area contributed by atoms with Crippen molar-refractivity contribution in [1.82, 2.24) is 0 Å². The summed E-state index contributed by atoms with van der Waals surface area (Å²) < 4.78 is 0. The number of benzene rings is 2. The smallest absolute Gasteiger partial charge is 1.00 e. The summed E-state index contributed by atoms with van der Waals surface area (Å²) in [6.45, 7) is 0. The van der Waals surface area contributed by atoms with Crippen LogP contribution in [0.1, 0.15) is 22.1 Å². The van der Waals surface area contributed by atoms with Crippen LogP contribution in [0.3, 0.4) is 0 Å². The molecule has 20 heavy (non-hydrogen) atoms. The molecule has 0 saturated heterocycles. The molecule has 0 heterocycles. The van der Waals surface area contributed by atoms with Crippen molar-refractivity contribution in [2.24, 2.45) is 5.18 Å². The van der Waals surface area contributed by atoms with E-state index in [1.165, 1.54) is 18.2 Å². The molecule has 0 bridgehead atoms. The Morgan fingerprint density at radius 2 is 1.75 bits per heavy atom. The fourth-order valence-corrected chi connectivity index (χ4v) is 1.77. The van der Waals surface area contributed by atoms with Crippen LogP contribution in [0.2, 0.25) is 0 Å². The van der Waals surface area contributed by atoms with Crippen LogP contribution in [0.4, 0.5) is 5.69 Å². The third-order valence-corrected chi connectivity index (χ3v) is 2.65. The largest absolute Gasteiger partial charge is 1.00 e. The van der Waals surface area contributed by atoms with Gasteiger partial charge in [-0.2, -0.15) is 0 Å². The van der Waals surface area contributed by atoms with Gasteiger partial charge in [-0.25, -0.2) is 9.59 Å². The summed E-state index contributed by atoms with van der Waals surface area (Å²) in [7, 11) is 0. The topological polar surface area (TPSA) is 124 Å². The molecular formula is C12H8NNaO6. The Hall–Kier alpha value is -1.96. The molecule has 0 radical (unpaired) electrons. The van der Waals surface area contributed by atoms with Crippen LogP contribution >= 0.6 is 0 Å². The number of rotatable bonds is 3. The average molecular weight is 285 g/mol. The fraction of sp³-hybridized carbons (Fsp3) is 0. The van der Waals surface area contributed by atoms with Crippen LogP contribution in [-0.4, -0.2) is 27.3 Å². The van der Waals surface area contributed by atoms with E-state index in [1.54, 1.807) is 0 Å². The van der Waals surface area contributed by atoms with Crippen LogP contribution in [0.5, 0.6) is 5.75 Å². The molecule has 8 heteroatoms. The number of nitroso groups, excluding NO2 is 1. The summed E-state index contributed by atoms with van der Waals surface area (Å²) in [5.74, 6) is -3.37. The number of hydrogen-bond donors (Lipinski definition) is 3. The summed E-state index contributed by atoms with van der Waals surface area (Å²) in [5, 5.41) is 30.4. The molecule has 2 rings (SSSR count). The number of nitrogens with zero attached hydrogens (tertiary/aromatic N) is 1. The number of aromatic hydroxyl groups is 1. The minimum Gasteiger partial charge on any atom is -1.00 e. The number of phenols is 1. The van der Waals surface area contributed by atoms with Gasteiger partial charge in [0.2, 0.25) is 0 Å². The maximum Gasteiger partial charge on any atom is 1.00 e. The van der Waals surface area contributed by atoms with Crippen molar-refractivity contribution < 1.29 is 55.9 Å². The van der Waals surface area contributed by atoms with Crippen molar-refractivity contribution in [3.63, 3.8) is 0 Å². The SMILES string of the molecule is O=Nc1c(O)c(C(=O)O)cc2cc(C(=O)O)ccc12.[H-].[Na+]. The first-order chi connectivity index (χ1) is 8.95. The van der Waals surface area contributed by atoms with E-state index in [1.807, 2.05) is 0 Å². The second-order valence-electron chi connectivity index (χ2n) is 3.76. The van der Waals surface area contributed by atoms with Gasteiger partial charge in [-0.3, -0.25) is 0 Å². The van der Waals surface area contributed by atoms with E-state index < -0.39 is 28.9 Å². The molecule has 3 N–H and O–H groups in total. The molecule has 0 saturated carbocycles. The van der Waals surface area contributed by atoms with Gasteiger partial charge in [0, 0.05) is 5.39 Å². The molecule has 2 aromatic carbocycles. The van der Waals surface area contributed by atoms with Crippen LogP contribution in [0.15, 0.2) is 29.4 Å². The summed E-state index contributed by atoms with van der Waals surface area (Å²) >= 11 is 0. The number of hydrogen-bond acceptors (Lipinski definition) is 5. The van der Waals surface area contributed by atoms with E-state index in [4.69, 9.17) is 10.2 Å². The second-order valence-corrected chi connectivity index (χ2v) is 3.76. The van der Waals surface area contributed by atoms with Crippen LogP contribution < -0.4 is 29.6 Å². The first-order valence-corrected chi connectivity index (χ1v) is 5.05. The number of fused-ring (bicyclic) bond motifs is 1. The summed E-state index contributed by atoms with van der Waals surface area (Å²) in [6.07, 6.45) is 0. The molecule has 0 aromatic heterocycles. The van der Waals surface area contributed by atoms with E-state index in [9.17, 15) is 19.6 Å². The van der Waals surface area contributed by atoms with Crippen molar-refractivity contribution in [2.75, 3.05) is 0 Å². The van der Waals surface area contributed by atoms with Crippen LogP contribution in [0, 0.1) is 4.91 Å². The maximum absolute atomic E-state index is 10.9. The van der Waals surface area contributed by atoms with Gasteiger partial charge in [0.1, 0.15) is 5.56 Å². The molecule has 98 valence electrons. The Morgan fingerprint density at radius 3 is 2.25 bits per heavy atom. The van der Waals surface area contributed by atoms with E-state index in [-0.39, 0.29) is 47.3 Å². The van der Waals surface area contributed by atoms with Crippen molar-refractivity contribution in [3.8, 4) is 5.75 Å². The standard InChI is InChI=1S/C12H7NO6.Na.H/c14-10-8(12(17)18)4-6-3-5(11(15)16)1-2-7(6)9(10)13-19;;/h1-4,14H,(H,15,16)(H,17,18);;/q;+1;-1. The minimum absolute atomic E-state index is 0. The Morgan fingerprint density at radius 1 is 1.10 bits per heavy atom. The van der Waals surface area contributed by atoms with Gasteiger partial charge in [-0.05, 0) is 28.8 Å². The third-order valence-electron chi connectivity index (χ3n) is 2.65. The number of aromatic carboxylic acids is 2. The van der Waals surface area contributed by atoms with Crippen molar-refractivity contribution in [1.29, 1.82) is 0 Å². The van der Waals surface area contributed by atoms with Gasteiger partial charge in [-0.1, -0.05) is 6.07 Å². The molecule has 0 unspecified atom stereocenters. The van der Waals surface area contributed by atoms with Crippen LogP contribution in [0.25, 0.3) is 10.8 Å². The fourth-order valence-electron chi connectivity index (χ4n) is 1.77. The van der Waals surface area contributed by atoms with E-state index in [0.29, 0.717) is 0 Å². The zero-order valence-electron chi connectivity index (χ0n) is 11.3. The molecular weight excluding hydrogens is 277 g/mol. The van der Waals surface area contributed by atoms with Gasteiger partial charge in [0.05, 0.1) is 5.56 Å². The molecule has 2 aromatic rings. The zero-order valence-corrected chi connectivity index (χ0v) is 12.3. The molecule has 0 spiro atoms. The predicted octanol–water partition coefficient (Wildman–Crippen LogP) is -0.544. The normalized spacial score (nSPS) is 9.80. The number of carboxylic acids is 2. The summed E-state index contributed by atoms with van der Waals surface area (Å²) in [4.78, 5) is 32.5. The van der Waals surface area contributed by atoms with E-state index in [0.717, 1.165) is 6.07 Å². The molecule has 0 amide bonds. The van der Waals surface area contributed by atoms with E-state index in [2.05, 4.69) is 5.18 Å². The van der Waals surface area contributed by atoms with Crippen molar-refractivity contribution >= 4 is 28.4 Å². The van der Waals surface area contributed by atoms with Crippen molar-refractivity contribution in [3.05, 3.63) is 40.3 Å². The quantitative estimate of drug-likeness (QED) is 0.513. The monoisotopic (exact) mass is 285 g/mol. The Bertz CT molecular complexity index is 733. The molecule has 0 aliphatic rings.